The molecule has 0 aliphatic heterocycles. The Balaban J connectivity index is 1.39. The van der Waals surface area contributed by atoms with Crippen molar-refractivity contribution in [2.75, 3.05) is 0 Å². The van der Waals surface area contributed by atoms with Crippen LogP contribution in [0.4, 0.5) is 9.18 Å². The van der Waals surface area contributed by atoms with Gasteiger partial charge >= 0.3 is 12.0 Å². The molecule has 39 heavy (non-hydrogen) atoms. The Bertz CT molecular complexity index is 1490. The lowest BCUT2D eigenvalue weighted by Gasteiger charge is -2.23. The number of urea groups is 1. The molecule has 2 unspecified atom stereocenters. The summed E-state index contributed by atoms with van der Waals surface area (Å²) in [6, 6.07) is 24.9. The third-order valence-corrected chi connectivity index (χ3v) is 6.81. The molecular formula is C31H27FN2O4S. The van der Waals surface area contributed by atoms with Crippen LogP contribution in [0.3, 0.4) is 0 Å². The first-order valence-corrected chi connectivity index (χ1v) is 13.1. The lowest BCUT2D eigenvalue weighted by Crippen LogP contribution is -2.43. The van der Waals surface area contributed by atoms with Crippen molar-refractivity contribution in [2.45, 2.75) is 32.2 Å². The summed E-state index contributed by atoms with van der Waals surface area (Å²) in [6.07, 6.45) is 0.655. The molecule has 1 heterocycles. The summed E-state index contributed by atoms with van der Waals surface area (Å²) in [5.74, 6) is 5.55. The van der Waals surface area contributed by atoms with Gasteiger partial charge in [-0.25, -0.2) is 14.0 Å². The number of carbonyl (C=O) groups is 2. The predicted molar refractivity (Wildman–Crippen MR) is 149 cm³/mol. The molecule has 8 heteroatoms. The summed E-state index contributed by atoms with van der Waals surface area (Å²) in [4.78, 5) is 32.2. The smallest absolute Gasteiger partial charge is 0.349 e. The average molecular weight is 543 g/mol. The Morgan fingerprint density at radius 2 is 1.67 bits per heavy atom. The SMILES string of the molecule is CC(C(=O)ON(C(N)=O)C(C)C#Cc1ccc(Cc2ccc(F)cc2)s1)c1cccc(Oc2ccccc2)c1. The number of rotatable bonds is 7. The molecule has 4 rings (SSSR count). The number of amides is 2. The molecule has 198 valence electrons. The lowest BCUT2D eigenvalue weighted by molar-refractivity contribution is -0.181. The molecule has 6 nitrogen and oxygen atoms in total. The van der Waals surface area contributed by atoms with Crippen molar-refractivity contribution in [3.63, 3.8) is 0 Å². The zero-order chi connectivity index (χ0) is 27.8. The third-order valence-electron chi connectivity index (χ3n) is 5.81. The van der Waals surface area contributed by atoms with Gasteiger partial charge in [0.15, 0.2) is 0 Å². The standard InChI is InChI=1S/C31H27FN2O4S/c1-21(11-16-28-17-18-29(39-28)19-23-12-14-25(32)15-13-23)34(31(33)36)38-30(35)22(2)24-7-6-10-27(20-24)37-26-8-4-3-5-9-26/h3-10,12-15,17-18,20-22H,19H2,1-2H3,(H2,33,36). The molecule has 2 N–H and O–H groups in total. The number of nitrogens with zero attached hydrogens (tertiary/aromatic N) is 1. The summed E-state index contributed by atoms with van der Waals surface area (Å²) in [7, 11) is 0. The van der Waals surface area contributed by atoms with Gasteiger partial charge in [0, 0.05) is 11.3 Å². The highest BCUT2D eigenvalue weighted by molar-refractivity contribution is 7.12. The largest absolute Gasteiger partial charge is 0.457 e. The van der Waals surface area contributed by atoms with Crippen LogP contribution in [0.1, 0.15) is 40.6 Å². The van der Waals surface area contributed by atoms with Gasteiger partial charge < -0.3 is 15.3 Å². The van der Waals surface area contributed by atoms with Crippen LogP contribution in [0.25, 0.3) is 0 Å². The number of halogens is 1. The Morgan fingerprint density at radius 1 is 0.949 bits per heavy atom. The van der Waals surface area contributed by atoms with Crippen LogP contribution in [0, 0.1) is 17.7 Å². The van der Waals surface area contributed by atoms with E-state index in [0.717, 1.165) is 20.4 Å². The van der Waals surface area contributed by atoms with Crippen LogP contribution >= 0.6 is 11.3 Å². The Hall–Kier alpha value is -4.61. The first kappa shape index (κ1) is 27.4. The van der Waals surface area contributed by atoms with Crippen LogP contribution in [-0.4, -0.2) is 23.1 Å². The summed E-state index contributed by atoms with van der Waals surface area (Å²) in [5, 5.41) is 0.781. The number of para-hydroxylation sites is 1. The molecule has 1 aromatic heterocycles. The number of thiophene rings is 1. The Labute approximate surface area is 230 Å². The molecule has 3 aromatic carbocycles. The molecule has 2 amide bonds. The van der Waals surface area contributed by atoms with E-state index in [1.165, 1.54) is 23.5 Å². The van der Waals surface area contributed by atoms with E-state index in [4.69, 9.17) is 15.3 Å². The highest BCUT2D eigenvalue weighted by atomic mass is 32.1. The number of hydrogen-bond donors (Lipinski definition) is 1. The van der Waals surface area contributed by atoms with Gasteiger partial charge in [0.1, 0.15) is 23.4 Å². The zero-order valence-electron chi connectivity index (χ0n) is 21.5. The van der Waals surface area contributed by atoms with Crippen LogP contribution in [-0.2, 0) is 16.1 Å². The highest BCUT2D eigenvalue weighted by Crippen LogP contribution is 2.26. The summed E-state index contributed by atoms with van der Waals surface area (Å²) >= 11 is 1.49. The van der Waals surface area contributed by atoms with Crippen molar-refractivity contribution in [3.8, 4) is 23.3 Å². The normalized spacial score (nSPS) is 12.0. The van der Waals surface area contributed by atoms with Crippen LogP contribution in [0.5, 0.6) is 11.5 Å². The molecule has 0 aliphatic carbocycles. The van der Waals surface area contributed by atoms with Crippen molar-refractivity contribution in [1.82, 2.24) is 5.06 Å². The summed E-state index contributed by atoms with van der Waals surface area (Å²) < 4.78 is 19.0. The van der Waals surface area contributed by atoms with E-state index in [0.29, 0.717) is 23.5 Å². The van der Waals surface area contributed by atoms with Crippen molar-refractivity contribution in [1.29, 1.82) is 0 Å². The van der Waals surface area contributed by atoms with Gasteiger partial charge in [-0.15, -0.1) is 16.4 Å². The lowest BCUT2D eigenvalue weighted by atomic mass is 10.0. The number of hydrogen-bond acceptors (Lipinski definition) is 5. The van der Waals surface area contributed by atoms with Crippen LogP contribution in [0.2, 0.25) is 0 Å². The summed E-state index contributed by atoms with van der Waals surface area (Å²) in [5.41, 5.74) is 7.15. The third kappa shape index (κ3) is 7.69. The molecule has 0 spiro atoms. The molecule has 0 saturated carbocycles. The molecule has 0 bridgehead atoms. The second-order valence-corrected chi connectivity index (χ2v) is 9.97. The molecule has 2 atom stereocenters. The first-order valence-electron chi connectivity index (χ1n) is 12.3. The predicted octanol–water partition coefficient (Wildman–Crippen LogP) is 6.65. The molecule has 0 saturated heterocycles. The van der Waals surface area contributed by atoms with E-state index in [2.05, 4.69) is 11.8 Å². The number of benzene rings is 3. The van der Waals surface area contributed by atoms with E-state index < -0.39 is 24.0 Å². The highest BCUT2D eigenvalue weighted by Gasteiger charge is 2.26. The minimum Gasteiger partial charge on any atom is -0.457 e. The van der Waals surface area contributed by atoms with E-state index in [1.807, 2.05) is 42.5 Å². The van der Waals surface area contributed by atoms with Crippen molar-refractivity contribution >= 4 is 23.3 Å². The molecule has 0 fully saturated rings. The zero-order valence-corrected chi connectivity index (χ0v) is 22.3. The van der Waals surface area contributed by atoms with Gasteiger partial charge in [-0.05, 0) is 73.5 Å². The van der Waals surface area contributed by atoms with Gasteiger partial charge in [0.25, 0.3) is 0 Å². The van der Waals surface area contributed by atoms with Crippen molar-refractivity contribution in [3.05, 3.63) is 118 Å². The molecule has 0 radical (unpaired) electrons. The van der Waals surface area contributed by atoms with Crippen LogP contribution in [0.15, 0.2) is 91.0 Å². The fourth-order valence-corrected chi connectivity index (χ4v) is 4.58. The van der Waals surface area contributed by atoms with Gasteiger partial charge in [-0.2, -0.15) is 0 Å². The van der Waals surface area contributed by atoms with Gasteiger partial charge in [-0.3, -0.25) is 0 Å². The molecule has 0 aliphatic rings. The number of ether oxygens (including phenoxy) is 1. The molecular weight excluding hydrogens is 515 g/mol. The number of hydroxylamine groups is 2. The van der Waals surface area contributed by atoms with E-state index in [9.17, 15) is 14.0 Å². The van der Waals surface area contributed by atoms with E-state index in [1.54, 1.807) is 50.2 Å². The van der Waals surface area contributed by atoms with Gasteiger partial charge in [0.05, 0.1) is 10.8 Å². The monoisotopic (exact) mass is 542 g/mol. The summed E-state index contributed by atoms with van der Waals surface area (Å²) in [6.45, 7) is 3.30. The minimum atomic E-state index is -0.929. The topological polar surface area (TPSA) is 81.9 Å². The maximum absolute atomic E-state index is 13.1. The maximum Gasteiger partial charge on any atom is 0.349 e. The number of nitrogens with two attached hydrogens (primary N) is 1. The van der Waals surface area contributed by atoms with Gasteiger partial charge in [0.2, 0.25) is 0 Å². The average Bonchev–Trinajstić information content (AvgIpc) is 3.39. The van der Waals surface area contributed by atoms with Crippen molar-refractivity contribution in [2.24, 2.45) is 5.73 Å². The maximum atomic E-state index is 13.1. The second-order valence-electron chi connectivity index (χ2n) is 8.80. The van der Waals surface area contributed by atoms with E-state index in [-0.39, 0.29) is 5.82 Å². The first-order chi connectivity index (χ1) is 18.8. The number of primary amides is 1. The minimum absolute atomic E-state index is 0.273. The molecule has 4 aromatic rings. The van der Waals surface area contributed by atoms with Crippen LogP contribution < -0.4 is 10.5 Å². The van der Waals surface area contributed by atoms with Crippen molar-refractivity contribution < 1.29 is 23.6 Å². The second kappa shape index (κ2) is 12.8. The number of carbonyl (C=O) groups excluding carboxylic acids is 2. The fraction of sp³-hybridized carbons (Fsp3) is 0.161. The Morgan fingerprint density at radius 3 is 2.38 bits per heavy atom. The van der Waals surface area contributed by atoms with Gasteiger partial charge in [-0.1, -0.05) is 54.3 Å². The fourth-order valence-electron chi connectivity index (χ4n) is 3.68. The quantitative estimate of drug-likeness (QED) is 0.209. The van der Waals surface area contributed by atoms with E-state index >= 15 is 0 Å². The Kier molecular flexibility index (Phi) is 8.97.